The highest BCUT2D eigenvalue weighted by molar-refractivity contribution is 7.89. The van der Waals surface area contributed by atoms with Crippen molar-refractivity contribution < 1.29 is 16.8 Å². The first-order valence-corrected chi connectivity index (χ1v) is 10.7. The maximum Gasteiger partial charge on any atom is 0.243 e. The molecule has 1 aromatic carbocycles. The van der Waals surface area contributed by atoms with E-state index in [-0.39, 0.29) is 15.8 Å². The number of hydrogen-bond donors (Lipinski definition) is 0. The molecule has 0 fully saturated rings. The molecule has 1 aliphatic heterocycles. The van der Waals surface area contributed by atoms with E-state index in [0.717, 1.165) is 10.00 Å². The van der Waals surface area contributed by atoms with Crippen LogP contribution in [0.4, 0.5) is 0 Å². The van der Waals surface area contributed by atoms with Gasteiger partial charge in [-0.15, -0.1) is 0 Å². The molecule has 25 heavy (non-hydrogen) atoms. The number of sulfonamides is 2. The van der Waals surface area contributed by atoms with Crippen molar-refractivity contribution in [2.45, 2.75) is 29.3 Å². The van der Waals surface area contributed by atoms with Crippen LogP contribution in [0.25, 0.3) is 0 Å². The summed E-state index contributed by atoms with van der Waals surface area (Å²) in [6, 6.07) is 8.91. The molecule has 0 N–H and O–H groups in total. The average molecular weight is 383 g/mol. The summed E-state index contributed by atoms with van der Waals surface area (Å²) in [4.78, 5) is 0.161. The first kappa shape index (κ1) is 18.1. The third-order valence-electron chi connectivity index (χ3n) is 4.49. The summed E-state index contributed by atoms with van der Waals surface area (Å²) in [5.41, 5.74) is 0.946. The van der Waals surface area contributed by atoms with Gasteiger partial charge in [0.1, 0.15) is 0 Å². The van der Waals surface area contributed by atoms with E-state index >= 15 is 0 Å². The van der Waals surface area contributed by atoms with Crippen LogP contribution in [0.5, 0.6) is 0 Å². The molecule has 136 valence electrons. The van der Waals surface area contributed by atoms with Gasteiger partial charge in [-0.1, -0.05) is 0 Å². The second-order valence-corrected chi connectivity index (χ2v) is 10.2. The number of rotatable bonds is 4. The number of fused-ring (bicyclic) bond motifs is 1. The molecule has 1 aliphatic rings. The fraction of sp³-hybridized carbons (Fsp3) is 0.375. The normalized spacial score (nSPS) is 19.1. The van der Waals surface area contributed by atoms with Crippen molar-refractivity contribution in [1.82, 2.24) is 13.2 Å². The zero-order chi connectivity index (χ0) is 18.4. The van der Waals surface area contributed by atoms with E-state index in [9.17, 15) is 16.8 Å². The molecule has 1 unspecified atom stereocenters. The lowest BCUT2D eigenvalue weighted by molar-refractivity contribution is 0.282. The predicted molar refractivity (Wildman–Crippen MR) is 94.1 cm³/mol. The van der Waals surface area contributed by atoms with Crippen molar-refractivity contribution >= 4 is 20.0 Å². The van der Waals surface area contributed by atoms with Gasteiger partial charge >= 0.3 is 0 Å². The first-order chi connectivity index (χ1) is 11.7. The molecule has 2 aromatic rings. The maximum atomic E-state index is 13.0. The van der Waals surface area contributed by atoms with Crippen LogP contribution >= 0.6 is 0 Å². The van der Waals surface area contributed by atoms with Gasteiger partial charge in [-0.25, -0.2) is 21.1 Å². The number of nitrogens with zero attached hydrogens (tertiary/aromatic N) is 3. The Labute approximate surface area is 148 Å². The fourth-order valence-corrected chi connectivity index (χ4v) is 5.51. The molecule has 2 heterocycles. The zero-order valence-electron chi connectivity index (χ0n) is 14.3. The van der Waals surface area contributed by atoms with Crippen LogP contribution in [0.1, 0.15) is 18.7 Å². The summed E-state index contributed by atoms with van der Waals surface area (Å²) in [6.07, 6.45) is 1.94. The standard InChI is InChI=1S/C16H21N3O4S2/c1-13-16-5-4-10-18(16)11-12-19(13)25(22,23)15-8-6-14(7-9-15)24(20,21)17(2)3/h4-10,13H,11-12H2,1-3H3. The second-order valence-electron chi connectivity index (χ2n) is 6.18. The monoisotopic (exact) mass is 383 g/mol. The SMILES string of the molecule is CC1c2cccn2CCN1S(=O)(=O)c1ccc(S(=O)(=O)N(C)C)cc1. The third kappa shape index (κ3) is 3.01. The van der Waals surface area contributed by atoms with Crippen molar-refractivity contribution in [2.24, 2.45) is 0 Å². The highest BCUT2D eigenvalue weighted by Gasteiger charge is 2.34. The minimum atomic E-state index is -3.70. The minimum absolute atomic E-state index is 0.0667. The molecular weight excluding hydrogens is 362 g/mol. The van der Waals surface area contributed by atoms with Gasteiger partial charge in [0.2, 0.25) is 20.0 Å². The molecule has 0 bridgehead atoms. The summed E-state index contributed by atoms with van der Waals surface area (Å²) in [5, 5.41) is 0. The Bertz CT molecular complexity index is 977. The van der Waals surface area contributed by atoms with E-state index in [4.69, 9.17) is 0 Å². The lowest BCUT2D eigenvalue weighted by Crippen LogP contribution is -2.40. The van der Waals surface area contributed by atoms with Gasteiger partial charge in [-0.05, 0) is 43.3 Å². The highest BCUT2D eigenvalue weighted by Crippen LogP contribution is 2.31. The largest absolute Gasteiger partial charge is 0.349 e. The van der Waals surface area contributed by atoms with Crippen LogP contribution in [0.15, 0.2) is 52.4 Å². The van der Waals surface area contributed by atoms with Gasteiger partial charge in [-0.2, -0.15) is 4.31 Å². The molecule has 7 nitrogen and oxygen atoms in total. The molecule has 1 atom stereocenters. The molecular formula is C16H21N3O4S2. The van der Waals surface area contributed by atoms with E-state index in [1.54, 1.807) is 0 Å². The smallest absolute Gasteiger partial charge is 0.243 e. The molecule has 1 aromatic heterocycles. The lowest BCUT2D eigenvalue weighted by Gasteiger charge is -2.33. The number of aromatic nitrogens is 1. The second kappa shape index (κ2) is 6.24. The Morgan fingerprint density at radius 2 is 1.56 bits per heavy atom. The Hall–Kier alpha value is -1.68. The Morgan fingerprint density at radius 3 is 2.16 bits per heavy atom. The van der Waals surface area contributed by atoms with Crippen LogP contribution in [0.3, 0.4) is 0 Å². The third-order valence-corrected chi connectivity index (χ3v) is 8.31. The van der Waals surface area contributed by atoms with Gasteiger partial charge in [0.25, 0.3) is 0 Å². The molecule has 0 spiro atoms. The summed E-state index contributed by atoms with van der Waals surface area (Å²) in [6.45, 7) is 2.83. The van der Waals surface area contributed by atoms with Crippen LogP contribution in [-0.4, -0.2) is 50.7 Å². The molecule has 0 radical (unpaired) electrons. The van der Waals surface area contributed by atoms with E-state index in [2.05, 4.69) is 0 Å². The molecule has 0 saturated carbocycles. The zero-order valence-corrected chi connectivity index (χ0v) is 16.0. The summed E-state index contributed by atoms with van der Waals surface area (Å²) in [5.74, 6) is 0. The molecule has 3 rings (SSSR count). The minimum Gasteiger partial charge on any atom is -0.349 e. The van der Waals surface area contributed by atoms with Crippen LogP contribution < -0.4 is 0 Å². The van der Waals surface area contributed by atoms with Crippen molar-refractivity contribution in [2.75, 3.05) is 20.6 Å². The van der Waals surface area contributed by atoms with Gasteiger partial charge in [0.05, 0.1) is 15.8 Å². The van der Waals surface area contributed by atoms with Gasteiger partial charge in [-0.3, -0.25) is 0 Å². The maximum absolute atomic E-state index is 13.0. The fourth-order valence-electron chi connectivity index (χ4n) is 3.02. The quantitative estimate of drug-likeness (QED) is 0.801. The molecule has 0 aliphatic carbocycles. The van der Waals surface area contributed by atoms with Gasteiger partial charge in [0, 0.05) is 39.1 Å². The predicted octanol–water partition coefficient (Wildman–Crippen LogP) is 1.50. The lowest BCUT2D eigenvalue weighted by atomic mass is 10.2. The summed E-state index contributed by atoms with van der Waals surface area (Å²) in [7, 11) is -4.42. The van der Waals surface area contributed by atoms with E-state index in [1.807, 2.05) is 29.8 Å². The first-order valence-electron chi connectivity index (χ1n) is 7.85. The van der Waals surface area contributed by atoms with Crippen LogP contribution in [0.2, 0.25) is 0 Å². The summed E-state index contributed by atoms with van der Waals surface area (Å²) < 4.78 is 54.8. The van der Waals surface area contributed by atoms with Crippen LogP contribution in [0, 0.1) is 0 Å². The Kier molecular flexibility index (Phi) is 4.52. The summed E-state index contributed by atoms with van der Waals surface area (Å²) >= 11 is 0. The van der Waals surface area contributed by atoms with Crippen molar-refractivity contribution in [3.8, 4) is 0 Å². The van der Waals surface area contributed by atoms with Crippen molar-refractivity contribution in [3.63, 3.8) is 0 Å². The molecule has 0 amide bonds. The average Bonchev–Trinajstić information content (AvgIpc) is 3.04. The molecule has 9 heteroatoms. The molecule has 0 saturated heterocycles. The van der Waals surface area contributed by atoms with Crippen molar-refractivity contribution in [1.29, 1.82) is 0 Å². The topological polar surface area (TPSA) is 79.7 Å². The number of hydrogen-bond acceptors (Lipinski definition) is 4. The van der Waals surface area contributed by atoms with Crippen molar-refractivity contribution in [3.05, 3.63) is 48.3 Å². The van der Waals surface area contributed by atoms with E-state index in [0.29, 0.717) is 13.1 Å². The van der Waals surface area contributed by atoms with E-state index in [1.165, 1.54) is 42.7 Å². The number of benzene rings is 1. The van der Waals surface area contributed by atoms with Gasteiger partial charge < -0.3 is 4.57 Å². The Balaban J connectivity index is 1.94. The van der Waals surface area contributed by atoms with Crippen LogP contribution in [-0.2, 0) is 26.6 Å². The van der Waals surface area contributed by atoms with Gasteiger partial charge in [0.15, 0.2) is 0 Å². The highest BCUT2D eigenvalue weighted by atomic mass is 32.2. The van der Waals surface area contributed by atoms with E-state index < -0.39 is 20.0 Å². The Morgan fingerprint density at radius 1 is 0.960 bits per heavy atom.